The largest absolute Gasteiger partial charge is 0.342 e. The zero-order chi connectivity index (χ0) is 19.4. The average molecular weight is 387 g/mol. The van der Waals surface area contributed by atoms with Crippen LogP contribution in [0.2, 0.25) is 0 Å². The molecule has 1 unspecified atom stereocenters. The van der Waals surface area contributed by atoms with Gasteiger partial charge in [-0.05, 0) is 45.1 Å². The number of rotatable bonds is 6. The first kappa shape index (κ1) is 19.9. The summed E-state index contributed by atoms with van der Waals surface area (Å²) in [6.07, 6.45) is 3.20. The van der Waals surface area contributed by atoms with E-state index < -0.39 is 0 Å². The average Bonchev–Trinajstić information content (AvgIpc) is 3.04. The van der Waals surface area contributed by atoms with E-state index in [9.17, 15) is 4.79 Å². The van der Waals surface area contributed by atoms with Crippen molar-refractivity contribution in [3.63, 3.8) is 0 Å². The number of nitrogens with zero attached hydrogens (tertiary/aromatic N) is 4. The van der Waals surface area contributed by atoms with Gasteiger partial charge in [0.25, 0.3) is 0 Å². The van der Waals surface area contributed by atoms with Gasteiger partial charge in [0.1, 0.15) is 0 Å². The third-order valence-electron chi connectivity index (χ3n) is 5.17. The molecular weight excluding hydrogens is 356 g/mol. The van der Waals surface area contributed by atoms with E-state index in [1.165, 1.54) is 17.3 Å². The van der Waals surface area contributed by atoms with Gasteiger partial charge < -0.3 is 9.47 Å². The number of carbonyl (C=O) groups is 1. The molecule has 2 aromatic rings. The van der Waals surface area contributed by atoms with E-state index in [0.29, 0.717) is 0 Å². The second-order valence-corrected chi connectivity index (χ2v) is 8.90. The summed E-state index contributed by atoms with van der Waals surface area (Å²) in [6, 6.07) is 8.33. The second-order valence-electron chi connectivity index (χ2n) is 7.60. The number of aromatic nitrogens is 3. The lowest BCUT2D eigenvalue weighted by Crippen LogP contribution is -2.41. The van der Waals surface area contributed by atoms with Crippen LogP contribution in [0.3, 0.4) is 0 Å². The molecule has 1 amide bonds. The van der Waals surface area contributed by atoms with E-state index in [-0.39, 0.29) is 11.2 Å². The molecule has 1 fully saturated rings. The van der Waals surface area contributed by atoms with Crippen LogP contribution in [0.4, 0.5) is 0 Å². The predicted molar refractivity (Wildman–Crippen MR) is 111 cm³/mol. The molecule has 1 aromatic carbocycles. The topological polar surface area (TPSA) is 51.0 Å². The zero-order valence-electron chi connectivity index (χ0n) is 16.8. The van der Waals surface area contributed by atoms with E-state index >= 15 is 0 Å². The molecule has 0 radical (unpaired) electrons. The van der Waals surface area contributed by atoms with Gasteiger partial charge in [-0.15, -0.1) is 10.2 Å². The molecule has 0 aliphatic carbocycles. The van der Waals surface area contributed by atoms with Gasteiger partial charge in [0.15, 0.2) is 11.0 Å². The number of benzene rings is 1. The Morgan fingerprint density at radius 1 is 1.30 bits per heavy atom. The number of piperidine rings is 1. The van der Waals surface area contributed by atoms with Crippen molar-refractivity contribution in [2.45, 2.75) is 63.9 Å². The van der Waals surface area contributed by atoms with Crippen molar-refractivity contribution in [3.8, 4) is 11.4 Å². The second kappa shape index (κ2) is 8.91. The van der Waals surface area contributed by atoms with Gasteiger partial charge in [-0.3, -0.25) is 4.79 Å². The number of hydrogen-bond acceptors (Lipinski definition) is 4. The first-order valence-electron chi connectivity index (χ1n) is 9.95. The van der Waals surface area contributed by atoms with Crippen molar-refractivity contribution in [2.24, 2.45) is 5.92 Å². The number of carbonyl (C=O) groups excluding carboxylic acids is 1. The molecule has 3 rings (SSSR count). The number of aryl methyl sites for hydroxylation is 1. The Kier molecular flexibility index (Phi) is 6.58. The molecule has 0 N–H and O–H groups in total. The maximum Gasteiger partial charge on any atom is 0.235 e. The Morgan fingerprint density at radius 2 is 2.04 bits per heavy atom. The fourth-order valence-corrected chi connectivity index (χ4v) is 4.45. The third-order valence-corrected chi connectivity index (χ3v) is 6.23. The Labute approximate surface area is 166 Å². The number of amides is 1. The number of thioether (sulfide) groups is 1. The van der Waals surface area contributed by atoms with E-state index in [1.807, 2.05) is 17.9 Å². The lowest BCUT2D eigenvalue weighted by Gasteiger charge is -2.32. The minimum Gasteiger partial charge on any atom is -0.342 e. The molecule has 1 aliphatic heterocycles. The highest BCUT2D eigenvalue weighted by molar-refractivity contribution is 8.00. The van der Waals surface area contributed by atoms with Crippen molar-refractivity contribution >= 4 is 17.7 Å². The smallest absolute Gasteiger partial charge is 0.235 e. The highest BCUT2D eigenvalue weighted by atomic mass is 32.2. The third kappa shape index (κ3) is 4.72. The molecule has 1 saturated heterocycles. The maximum atomic E-state index is 12.8. The molecule has 146 valence electrons. The molecule has 1 atom stereocenters. The van der Waals surface area contributed by atoms with Gasteiger partial charge in [0.05, 0.1) is 5.25 Å². The summed E-state index contributed by atoms with van der Waals surface area (Å²) < 4.78 is 2.15. The number of likely N-dealkylation sites (tertiary alicyclic amines) is 1. The van der Waals surface area contributed by atoms with Crippen LogP contribution in [-0.4, -0.2) is 43.9 Å². The van der Waals surface area contributed by atoms with E-state index in [4.69, 9.17) is 0 Å². The SMILES string of the molecule is CCCn1c(SC(C)C(=O)N2CCC(C)CC2)nnc1-c1cccc(C)c1. The fraction of sp³-hybridized carbons (Fsp3) is 0.571. The lowest BCUT2D eigenvalue weighted by molar-refractivity contribution is -0.131. The van der Waals surface area contributed by atoms with Gasteiger partial charge in [-0.2, -0.15) is 0 Å². The Morgan fingerprint density at radius 3 is 2.70 bits per heavy atom. The minimum atomic E-state index is -0.149. The van der Waals surface area contributed by atoms with Crippen LogP contribution in [0.15, 0.2) is 29.4 Å². The lowest BCUT2D eigenvalue weighted by atomic mass is 9.99. The molecule has 6 heteroatoms. The van der Waals surface area contributed by atoms with Crippen molar-refractivity contribution in [2.75, 3.05) is 13.1 Å². The zero-order valence-corrected chi connectivity index (χ0v) is 17.6. The molecular formula is C21H30N4OS. The number of hydrogen-bond donors (Lipinski definition) is 0. The minimum absolute atomic E-state index is 0.149. The molecule has 1 aromatic heterocycles. The van der Waals surface area contributed by atoms with Crippen LogP contribution in [0.25, 0.3) is 11.4 Å². The van der Waals surface area contributed by atoms with Gasteiger partial charge in [0, 0.05) is 25.2 Å². The molecule has 2 heterocycles. The summed E-state index contributed by atoms with van der Waals surface area (Å²) in [7, 11) is 0. The molecule has 5 nitrogen and oxygen atoms in total. The summed E-state index contributed by atoms with van der Waals surface area (Å²) in [4.78, 5) is 14.9. The highest BCUT2D eigenvalue weighted by Gasteiger charge is 2.27. The standard InChI is InChI=1S/C21H30N4OS/c1-5-11-25-19(18-8-6-7-16(3)14-18)22-23-21(25)27-17(4)20(26)24-12-9-15(2)10-13-24/h6-8,14-15,17H,5,9-13H2,1-4H3. The van der Waals surface area contributed by atoms with Gasteiger partial charge in [-0.1, -0.05) is 49.4 Å². The summed E-state index contributed by atoms with van der Waals surface area (Å²) in [6.45, 7) is 11.1. The van der Waals surface area contributed by atoms with E-state index in [0.717, 1.165) is 61.4 Å². The van der Waals surface area contributed by atoms with E-state index in [2.05, 4.69) is 53.7 Å². The monoisotopic (exact) mass is 386 g/mol. The first-order valence-corrected chi connectivity index (χ1v) is 10.8. The van der Waals surface area contributed by atoms with Crippen LogP contribution in [0, 0.1) is 12.8 Å². The first-order chi connectivity index (χ1) is 13.0. The van der Waals surface area contributed by atoms with Gasteiger partial charge in [-0.25, -0.2) is 0 Å². The molecule has 27 heavy (non-hydrogen) atoms. The summed E-state index contributed by atoms with van der Waals surface area (Å²) >= 11 is 1.53. The van der Waals surface area contributed by atoms with E-state index in [1.54, 1.807) is 0 Å². The normalized spacial score (nSPS) is 16.5. The van der Waals surface area contributed by atoms with Crippen molar-refractivity contribution < 1.29 is 4.79 Å². The van der Waals surface area contributed by atoms with Crippen LogP contribution in [-0.2, 0) is 11.3 Å². The van der Waals surface area contributed by atoms with Crippen molar-refractivity contribution in [1.82, 2.24) is 19.7 Å². The predicted octanol–water partition coefficient (Wildman–Crippen LogP) is 4.40. The summed E-state index contributed by atoms with van der Waals surface area (Å²) in [5, 5.41) is 9.56. The Balaban J connectivity index is 1.77. The van der Waals surface area contributed by atoms with Gasteiger partial charge >= 0.3 is 0 Å². The molecule has 0 bridgehead atoms. The Bertz CT molecular complexity index is 780. The molecule has 1 aliphatic rings. The van der Waals surface area contributed by atoms with Crippen LogP contribution >= 0.6 is 11.8 Å². The Hall–Kier alpha value is -1.82. The molecule has 0 spiro atoms. The summed E-state index contributed by atoms with van der Waals surface area (Å²) in [5.41, 5.74) is 2.28. The fourth-order valence-electron chi connectivity index (χ4n) is 3.49. The van der Waals surface area contributed by atoms with Crippen LogP contribution in [0.5, 0.6) is 0 Å². The van der Waals surface area contributed by atoms with Crippen LogP contribution < -0.4 is 0 Å². The van der Waals surface area contributed by atoms with Gasteiger partial charge in [0.2, 0.25) is 5.91 Å². The van der Waals surface area contributed by atoms with Crippen molar-refractivity contribution in [3.05, 3.63) is 29.8 Å². The highest BCUT2D eigenvalue weighted by Crippen LogP contribution is 2.29. The molecule has 0 saturated carbocycles. The summed E-state index contributed by atoms with van der Waals surface area (Å²) in [5.74, 6) is 1.83. The van der Waals surface area contributed by atoms with Crippen molar-refractivity contribution in [1.29, 1.82) is 0 Å². The van der Waals surface area contributed by atoms with Crippen LogP contribution in [0.1, 0.15) is 45.6 Å². The maximum absolute atomic E-state index is 12.8. The quantitative estimate of drug-likeness (QED) is 0.691.